The minimum atomic E-state index is -0.244. The number of anilines is 1. The van der Waals surface area contributed by atoms with Gasteiger partial charge in [0.15, 0.2) is 0 Å². The number of amides is 2. The van der Waals surface area contributed by atoms with Gasteiger partial charge < -0.3 is 15.4 Å². The van der Waals surface area contributed by atoms with E-state index < -0.39 is 0 Å². The van der Waals surface area contributed by atoms with Crippen LogP contribution in [0.1, 0.15) is 25.3 Å². The summed E-state index contributed by atoms with van der Waals surface area (Å²) in [4.78, 5) is 11.8. The fraction of sp³-hybridized carbons (Fsp3) is 0.278. The van der Waals surface area contributed by atoms with Gasteiger partial charge in [-0.2, -0.15) is 0 Å². The number of nitrogens with one attached hydrogen (secondary N) is 2. The van der Waals surface area contributed by atoms with E-state index >= 15 is 0 Å². The summed E-state index contributed by atoms with van der Waals surface area (Å²) in [6, 6.07) is 15.2. The van der Waals surface area contributed by atoms with E-state index in [0.717, 1.165) is 15.9 Å². The van der Waals surface area contributed by atoms with Gasteiger partial charge in [0.1, 0.15) is 12.4 Å². The maximum absolute atomic E-state index is 11.8. The van der Waals surface area contributed by atoms with Crippen LogP contribution in [0.4, 0.5) is 10.5 Å². The molecule has 2 aromatic carbocycles. The molecule has 5 heteroatoms. The zero-order valence-corrected chi connectivity index (χ0v) is 14.9. The molecule has 0 saturated carbocycles. The Balaban J connectivity index is 1.71. The lowest BCUT2D eigenvalue weighted by atomic mass is 10.0. The van der Waals surface area contributed by atoms with Crippen molar-refractivity contribution in [2.45, 2.75) is 19.8 Å². The first kappa shape index (κ1) is 17.3. The van der Waals surface area contributed by atoms with Crippen LogP contribution >= 0.6 is 15.9 Å². The normalized spacial score (nSPS) is 10.4. The van der Waals surface area contributed by atoms with Crippen molar-refractivity contribution in [3.63, 3.8) is 0 Å². The number of rotatable bonds is 6. The van der Waals surface area contributed by atoms with E-state index in [2.05, 4.69) is 46.5 Å². The molecule has 122 valence electrons. The summed E-state index contributed by atoms with van der Waals surface area (Å²) in [6.45, 7) is 5.16. The quantitative estimate of drug-likeness (QED) is 0.713. The Morgan fingerprint density at radius 1 is 1.17 bits per heavy atom. The third-order valence-corrected chi connectivity index (χ3v) is 3.81. The summed E-state index contributed by atoms with van der Waals surface area (Å²) in [5.41, 5.74) is 1.99. The highest BCUT2D eigenvalue weighted by molar-refractivity contribution is 9.10. The smallest absolute Gasteiger partial charge is 0.319 e. The summed E-state index contributed by atoms with van der Waals surface area (Å²) < 4.78 is 6.64. The highest BCUT2D eigenvalue weighted by Gasteiger charge is 2.03. The number of urea groups is 1. The van der Waals surface area contributed by atoms with Gasteiger partial charge in [0, 0.05) is 10.2 Å². The Morgan fingerprint density at radius 3 is 2.61 bits per heavy atom. The Kier molecular flexibility index (Phi) is 6.47. The van der Waals surface area contributed by atoms with Crippen molar-refractivity contribution >= 4 is 27.6 Å². The van der Waals surface area contributed by atoms with Crippen LogP contribution < -0.4 is 15.4 Å². The van der Waals surface area contributed by atoms with Gasteiger partial charge in [0.2, 0.25) is 0 Å². The number of ether oxygens (including phenoxy) is 1. The Morgan fingerprint density at radius 2 is 1.91 bits per heavy atom. The Hall–Kier alpha value is -2.01. The van der Waals surface area contributed by atoms with E-state index in [-0.39, 0.29) is 6.03 Å². The molecule has 4 nitrogen and oxygen atoms in total. The van der Waals surface area contributed by atoms with Crippen LogP contribution in [0.25, 0.3) is 0 Å². The number of hydrogen-bond donors (Lipinski definition) is 2. The topological polar surface area (TPSA) is 50.4 Å². The van der Waals surface area contributed by atoms with Gasteiger partial charge in [0.05, 0.1) is 6.54 Å². The van der Waals surface area contributed by atoms with Gasteiger partial charge >= 0.3 is 6.03 Å². The molecule has 0 fully saturated rings. The van der Waals surface area contributed by atoms with Crippen LogP contribution in [0.2, 0.25) is 0 Å². The number of carbonyl (C=O) groups excluding carboxylic acids is 1. The second kappa shape index (κ2) is 8.58. The van der Waals surface area contributed by atoms with E-state index in [1.807, 2.05) is 42.5 Å². The third-order valence-electron chi connectivity index (χ3n) is 3.28. The second-order valence-electron chi connectivity index (χ2n) is 5.46. The van der Waals surface area contributed by atoms with Crippen molar-refractivity contribution in [3.05, 3.63) is 58.6 Å². The highest BCUT2D eigenvalue weighted by atomic mass is 79.9. The third kappa shape index (κ3) is 5.94. The van der Waals surface area contributed by atoms with Crippen molar-refractivity contribution in [3.8, 4) is 5.75 Å². The predicted molar refractivity (Wildman–Crippen MR) is 97.2 cm³/mol. The molecular formula is C18H21BrN2O2. The monoisotopic (exact) mass is 376 g/mol. The van der Waals surface area contributed by atoms with E-state index in [1.165, 1.54) is 5.56 Å². The molecule has 0 spiro atoms. The molecule has 0 unspecified atom stereocenters. The molecule has 0 aromatic heterocycles. The molecule has 0 heterocycles. The maximum atomic E-state index is 11.8. The minimum Gasteiger partial charge on any atom is -0.492 e. The molecule has 0 atom stereocenters. The van der Waals surface area contributed by atoms with Crippen molar-refractivity contribution in [1.29, 1.82) is 0 Å². The Labute approximate surface area is 145 Å². The van der Waals surface area contributed by atoms with Gasteiger partial charge in [-0.1, -0.05) is 41.9 Å². The Bertz CT molecular complexity index is 642. The zero-order valence-electron chi connectivity index (χ0n) is 13.3. The molecule has 0 radical (unpaired) electrons. The molecule has 0 bridgehead atoms. The van der Waals surface area contributed by atoms with Gasteiger partial charge in [-0.05, 0) is 47.9 Å². The van der Waals surface area contributed by atoms with E-state index in [0.29, 0.717) is 19.1 Å². The van der Waals surface area contributed by atoms with Crippen LogP contribution in [-0.2, 0) is 0 Å². The number of benzene rings is 2. The van der Waals surface area contributed by atoms with Crippen LogP contribution in [0, 0.1) is 0 Å². The molecule has 2 aromatic rings. The average molecular weight is 377 g/mol. The van der Waals surface area contributed by atoms with E-state index in [9.17, 15) is 4.79 Å². The first-order chi connectivity index (χ1) is 11.0. The summed E-state index contributed by atoms with van der Waals surface area (Å²) in [5.74, 6) is 1.29. The molecule has 2 rings (SSSR count). The van der Waals surface area contributed by atoms with Crippen molar-refractivity contribution in [2.24, 2.45) is 0 Å². The average Bonchev–Trinajstić information content (AvgIpc) is 2.54. The van der Waals surface area contributed by atoms with Crippen molar-refractivity contribution in [1.82, 2.24) is 5.32 Å². The molecule has 0 aliphatic rings. The summed E-state index contributed by atoms with van der Waals surface area (Å²) in [6.07, 6.45) is 0. The number of hydrogen-bond acceptors (Lipinski definition) is 2. The van der Waals surface area contributed by atoms with Gasteiger partial charge in [-0.3, -0.25) is 0 Å². The van der Waals surface area contributed by atoms with Crippen molar-refractivity contribution < 1.29 is 9.53 Å². The summed E-state index contributed by atoms with van der Waals surface area (Å²) >= 11 is 3.35. The fourth-order valence-corrected chi connectivity index (χ4v) is 2.27. The number of carbonyl (C=O) groups is 1. The van der Waals surface area contributed by atoms with Crippen LogP contribution in [0.15, 0.2) is 53.0 Å². The largest absolute Gasteiger partial charge is 0.492 e. The predicted octanol–water partition coefficient (Wildman–Crippen LogP) is 4.77. The molecule has 23 heavy (non-hydrogen) atoms. The summed E-state index contributed by atoms with van der Waals surface area (Å²) in [5, 5.41) is 5.53. The van der Waals surface area contributed by atoms with Crippen molar-refractivity contribution in [2.75, 3.05) is 18.5 Å². The van der Waals surface area contributed by atoms with Crippen LogP contribution in [0.3, 0.4) is 0 Å². The first-order valence-corrected chi connectivity index (χ1v) is 8.37. The maximum Gasteiger partial charge on any atom is 0.319 e. The lowest BCUT2D eigenvalue weighted by Gasteiger charge is -2.11. The lowest BCUT2D eigenvalue weighted by Crippen LogP contribution is -2.32. The molecule has 2 N–H and O–H groups in total. The molecule has 2 amide bonds. The van der Waals surface area contributed by atoms with Crippen LogP contribution in [0.5, 0.6) is 5.75 Å². The van der Waals surface area contributed by atoms with Gasteiger partial charge in [-0.25, -0.2) is 4.79 Å². The standard InChI is InChI=1S/C18H21BrN2O2/c1-13(2)14-4-3-5-17(12-14)23-11-10-20-18(22)21-16-8-6-15(19)7-9-16/h3-9,12-13H,10-11H2,1-2H3,(H2,20,21,22). The zero-order chi connectivity index (χ0) is 16.7. The summed E-state index contributed by atoms with van der Waals surface area (Å²) in [7, 11) is 0. The lowest BCUT2D eigenvalue weighted by molar-refractivity contribution is 0.247. The van der Waals surface area contributed by atoms with Gasteiger partial charge in [-0.15, -0.1) is 0 Å². The number of halogens is 1. The van der Waals surface area contributed by atoms with E-state index in [1.54, 1.807) is 0 Å². The highest BCUT2D eigenvalue weighted by Crippen LogP contribution is 2.19. The molecule has 0 saturated heterocycles. The fourth-order valence-electron chi connectivity index (χ4n) is 2.01. The second-order valence-corrected chi connectivity index (χ2v) is 6.38. The van der Waals surface area contributed by atoms with Crippen LogP contribution in [-0.4, -0.2) is 19.2 Å². The van der Waals surface area contributed by atoms with E-state index in [4.69, 9.17) is 4.74 Å². The SMILES string of the molecule is CC(C)c1cccc(OCCNC(=O)Nc2ccc(Br)cc2)c1. The molecule has 0 aliphatic carbocycles. The molecular weight excluding hydrogens is 356 g/mol. The van der Waals surface area contributed by atoms with Gasteiger partial charge in [0.25, 0.3) is 0 Å². The minimum absolute atomic E-state index is 0.244. The first-order valence-electron chi connectivity index (χ1n) is 7.58. The molecule has 0 aliphatic heterocycles.